The van der Waals surface area contributed by atoms with E-state index in [1.807, 2.05) is 105 Å². The summed E-state index contributed by atoms with van der Waals surface area (Å²) in [4.78, 5) is 13.6. The summed E-state index contributed by atoms with van der Waals surface area (Å²) in [5.74, 6) is -0.521. The normalized spacial score (nSPS) is 21.0. The highest BCUT2D eigenvalue weighted by atomic mass is 31.2. The summed E-state index contributed by atoms with van der Waals surface area (Å²) in [5, 5.41) is 0. The molecule has 51 heavy (non-hydrogen) atoms. The third-order valence-electron chi connectivity index (χ3n) is 8.14. The molecule has 11 heteroatoms. The molecule has 0 amide bonds. The molecule has 1 aliphatic rings. The lowest BCUT2D eigenvalue weighted by atomic mass is 9.95. The minimum atomic E-state index is -4.21. The smallest absolute Gasteiger partial charge is 0.454 e. The van der Waals surface area contributed by atoms with Crippen molar-refractivity contribution < 1.29 is 46.6 Å². The molecule has 4 rings (SSSR count). The van der Waals surface area contributed by atoms with Gasteiger partial charge in [-0.15, -0.1) is 0 Å². The molecule has 280 valence electrons. The number of phosphoric ester groups is 1. The van der Waals surface area contributed by atoms with Crippen LogP contribution < -0.4 is 0 Å². The van der Waals surface area contributed by atoms with Crippen LogP contribution >= 0.6 is 7.82 Å². The molecule has 0 bridgehead atoms. The first-order chi connectivity index (χ1) is 24.6. The van der Waals surface area contributed by atoms with Crippen molar-refractivity contribution in [3.63, 3.8) is 0 Å². The van der Waals surface area contributed by atoms with E-state index in [9.17, 15) is 9.36 Å². The van der Waals surface area contributed by atoms with Gasteiger partial charge >= 0.3 is 13.8 Å². The summed E-state index contributed by atoms with van der Waals surface area (Å²) < 4.78 is 64.3. The third kappa shape index (κ3) is 13.5. The van der Waals surface area contributed by atoms with Crippen LogP contribution in [0.5, 0.6) is 0 Å². The molecule has 0 aromatic heterocycles. The monoisotopic (exact) mass is 726 g/mol. The summed E-state index contributed by atoms with van der Waals surface area (Å²) >= 11 is 0. The maximum absolute atomic E-state index is 14.3. The standard InChI is InChI=1S/C40H55O10P/c1-6-8-25-46-51(42,47-26-9-7-2)50-38-37(49-39(41)40(3,4)5)36(45-29-33-23-17-12-18-24-33)35(44-28-32-21-15-11-16-22-32)34(48-38)30-43-27-31-19-13-10-14-20-31/h10-24,34-38H,6-9,25-30H2,1-5H3/t34-,35+,36+,37-,38?/m1/s1. The zero-order valence-corrected chi connectivity index (χ0v) is 31.5. The van der Waals surface area contributed by atoms with Crippen molar-refractivity contribution in [1.82, 2.24) is 0 Å². The molecule has 3 aromatic carbocycles. The molecule has 0 saturated carbocycles. The van der Waals surface area contributed by atoms with E-state index >= 15 is 0 Å². The van der Waals surface area contributed by atoms with Crippen molar-refractivity contribution in [3.8, 4) is 0 Å². The second kappa shape index (κ2) is 20.9. The zero-order valence-electron chi connectivity index (χ0n) is 30.6. The highest BCUT2D eigenvalue weighted by Crippen LogP contribution is 2.53. The molecule has 3 aromatic rings. The van der Waals surface area contributed by atoms with E-state index in [2.05, 4.69) is 0 Å². The minimum absolute atomic E-state index is 0.0665. The Bertz CT molecular complexity index is 1440. The SMILES string of the molecule is CCCCOP(=O)(OCCCC)OC1O[C@H](COCc2ccccc2)[C@H](OCc2ccccc2)[C@H](OCc2ccccc2)[C@H]1OC(=O)C(C)(C)C. The number of phosphoric acid groups is 1. The number of carbonyl (C=O) groups excluding carboxylic acids is 1. The van der Waals surface area contributed by atoms with Gasteiger partial charge in [0.25, 0.3) is 0 Å². The van der Waals surface area contributed by atoms with Crippen molar-refractivity contribution in [3.05, 3.63) is 108 Å². The summed E-state index contributed by atoms with van der Waals surface area (Å²) in [7, 11) is -4.21. The minimum Gasteiger partial charge on any atom is -0.454 e. The van der Waals surface area contributed by atoms with Crippen molar-refractivity contribution in [2.45, 2.75) is 111 Å². The molecule has 0 N–H and O–H groups in total. The van der Waals surface area contributed by atoms with Crippen LogP contribution in [0.2, 0.25) is 0 Å². The van der Waals surface area contributed by atoms with Crippen LogP contribution in [0.1, 0.15) is 77.0 Å². The first kappa shape index (κ1) is 40.8. The van der Waals surface area contributed by atoms with Crippen molar-refractivity contribution in [1.29, 1.82) is 0 Å². The van der Waals surface area contributed by atoms with Crippen molar-refractivity contribution in [2.75, 3.05) is 19.8 Å². The van der Waals surface area contributed by atoms with Crippen LogP contribution in [-0.2, 0) is 66.4 Å². The highest BCUT2D eigenvalue weighted by Gasteiger charge is 2.53. The predicted molar refractivity (Wildman–Crippen MR) is 195 cm³/mol. The molecule has 1 aliphatic heterocycles. The van der Waals surface area contributed by atoms with E-state index in [0.717, 1.165) is 29.5 Å². The largest absolute Gasteiger partial charge is 0.477 e. The molecule has 1 fully saturated rings. The Morgan fingerprint density at radius 2 is 1.16 bits per heavy atom. The molecule has 0 radical (unpaired) electrons. The Labute approximate surface area is 303 Å². The van der Waals surface area contributed by atoms with Crippen LogP contribution in [0.3, 0.4) is 0 Å². The molecular formula is C40H55O10P. The van der Waals surface area contributed by atoms with E-state index in [0.29, 0.717) is 19.4 Å². The van der Waals surface area contributed by atoms with E-state index < -0.39 is 49.9 Å². The summed E-state index contributed by atoms with van der Waals surface area (Å²) in [6.07, 6.45) is -2.24. The number of carbonyl (C=O) groups is 1. The van der Waals surface area contributed by atoms with Gasteiger partial charge in [0, 0.05) is 0 Å². The van der Waals surface area contributed by atoms with Gasteiger partial charge in [-0.05, 0) is 50.3 Å². The number of esters is 1. The molecule has 0 spiro atoms. The Morgan fingerprint density at radius 1 is 0.686 bits per heavy atom. The first-order valence-corrected chi connectivity index (χ1v) is 19.4. The molecule has 1 saturated heterocycles. The average Bonchev–Trinajstić information content (AvgIpc) is 3.12. The van der Waals surface area contributed by atoms with Gasteiger partial charge in [-0.25, -0.2) is 4.57 Å². The van der Waals surface area contributed by atoms with Crippen LogP contribution in [-0.4, -0.2) is 56.5 Å². The maximum Gasteiger partial charge on any atom is 0.477 e. The van der Waals surface area contributed by atoms with Crippen LogP contribution in [0.4, 0.5) is 0 Å². The second-order valence-corrected chi connectivity index (χ2v) is 15.2. The molecule has 5 atom stereocenters. The Morgan fingerprint density at radius 3 is 1.63 bits per heavy atom. The van der Waals surface area contributed by atoms with Crippen LogP contribution in [0, 0.1) is 5.41 Å². The molecule has 1 unspecified atom stereocenters. The summed E-state index contributed by atoms with van der Waals surface area (Å²) in [6.45, 7) is 10.3. The predicted octanol–water partition coefficient (Wildman–Crippen LogP) is 8.81. The summed E-state index contributed by atoms with van der Waals surface area (Å²) in [5.41, 5.74) is 1.93. The second-order valence-electron chi connectivity index (χ2n) is 13.6. The number of hydrogen-bond donors (Lipinski definition) is 0. The lowest BCUT2D eigenvalue weighted by Gasteiger charge is -2.46. The van der Waals surface area contributed by atoms with Gasteiger partial charge in [-0.2, -0.15) is 0 Å². The Hall–Kier alpha value is -2.92. The number of rotatable bonds is 21. The number of benzene rings is 3. The Kier molecular flexibility index (Phi) is 16.8. The van der Waals surface area contributed by atoms with E-state index in [-0.39, 0.29) is 33.0 Å². The van der Waals surface area contributed by atoms with Gasteiger partial charge in [0.05, 0.1) is 45.1 Å². The van der Waals surface area contributed by atoms with Crippen LogP contribution in [0.15, 0.2) is 91.0 Å². The van der Waals surface area contributed by atoms with Gasteiger partial charge in [-0.1, -0.05) is 118 Å². The zero-order chi connectivity index (χ0) is 36.5. The fraction of sp³-hybridized carbons (Fsp3) is 0.525. The third-order valence-corrected chi connectivity index (χ3v) is 9.60. The quantitative estimate of drug-likeness (QED) is 0.0600. The van der Waals surface area contributed by atoms with Gasteiger partial charge in [0.1, 0.15) is 18.3 Å². The fourth-order valence-corrected chi connectivity index (χ4v) is 6.51. The van der Waals surface area contributed by atoms with Gasteiger partial charge in [-0.3, -0.25) is 18.4 Å². The van der Waals surface area contributed by atoms with E-state index in [4.69, 9.17) is 37.3 Å². The van der Waals surface area contributed by atoms with Crippen molar-refractivity contribution in [2.24, 2.45) is 5.41 Å². The van der Waals surface area contributed by atoms with Crippen LogP contribution in [0.25, 0.3) is 0 Å². The van der Waals surface area contributed by atoms with Gasteiger partial charge < -0.3 is 23.7 Å². The molecule has 10 nitrogen and oxygen atoms in total. The number of unbranched alkanes of at least 4 members (excludes halogenated alkanes) is 2. The lowest BCUT2D eigenvalue weighted by Crippen LogP contribution is -2.62. The topological polar surface area (TPSA) is 108 Å². The number of ether oxygens (including phenoxy) is 5. The van der Waals surface area contributed by atoms with Gasteiger partial charge in [0.15, 0.2) is 6.10 Å². The maximum atomic E-state index is 14.3. The summed E-state index contributed by atoms with van der Waals surface area (Å²) in [6, 6.07) is 29.2. The average molecular weight is 727 g/mol. The highest BCUT2D eigenvalue weighted by molar-refractivity contribution is 7.48. The number of hydrogen-bond acceptors (Lipinski definition) is 10. The fourth-order valence-electron chi connectivity index (χ4n) is 5.18. The Balaban J connectivity index is 1.73. The van der Waals surface area contributed by atoms with E-state index in [1.54, 1.807) is 20.8 Å². The molecule has 1 heterocycles. The first-order valence-electron chi connectivity index (χ1n) is 18.0. The lowest BCUT2D eigenvalue weighted by molar-refractivity contribution is -0.307. The van der Waals surface area contributed by atoms with E-state index in [1.165, 1.54) is 0 Å². The van der Waals surface area contributed by atoms with Crippen molar-refractivity contribution >= 4 is 13.8 Å². The molecular weight excluding hydrogens is 671 g/mol. The van der Waals surface area contributed by atoms with Gasteiger partial charge in [0.2, 0.25) is 6.29 Å². The molecule has 0 aliphatic carbocycles.